The molecule has 21 nitrogen and oxygen atoms in total. The number of nitrogens with two attached hydrogens (primary N) is 1. The van der Waals surface area contributed by atoms with Crippen molar-refractivity contribution in [3.8, 4) is 22.5 Å². The van der Waals surface area contributed by atoms with Gasteiger partial charge < -0.3 is 30.6 Å². The summed E-state index contributed by atoms with van der Waals surface area (Å²) < 4.78 is 54.1. The number of primary sulfonamides is 1. The summed E-state index contributed by atoms with van der Waals surface area (Å²) >= 11 is -2.30. The van der Waals surface area contributed by atoms with E-state index in [0.29, 0.717) is 78.2 Å². The third-order valence-electron chi connectivity index (χ3n) is 12.1. The molecule has 1 aliphatic carbocycles. The van der Waals surface area contributed by atoms with E-state index in [1.54, 1.807) is 12.1 Å². The fraction of sp³-hybridized carbons (Fsp3) is 0.302. The van der Waals surface area contributed by atoms with Crippen molar-refractivity contribution in [3.63, 3.8) is 0 Å². The Bertz CT molecular complexity index is 3290. The number of nitrogens with one attached hydrogen (secondary N) is 4. The number of unbranched alkanes of at least 4 members (excludes halogenated alkanes) is 3. The largest absolute Gasteiger partial charge is 0.480 e. The Hall–Kier alpha value is -7.67. The molecule has 3 amide bonds. The number of hydrogen-bond donors (Lipinski definition) is 8. The smallest absolute Gasteiger partial charge is 0.336 e. The number of aromatic carboxylic acids is 1. The second-order valence-corrected chi connectivity index (χ2v) is 20.6. The summed E-state index contributed by atoms with van der Waals surface area (Å²) in [5.74, 6) is -3.55. The molecule has 0 radical (unpaired) electrons. The van der Waals surface area contributed by atoms with Gasteiger partial charge in [0.2, 0.25) is 27.2 Å². The Morgan fingerprint density at radius 1 is 0.711 bits per heavy atom. The normalized spacial score (nSPS) is 11.9. The van der Waals surface area contributed by atoms with E-state index in [1.165, 1.54) is 64.4 Å². The van der Waals surface area contributed by atoms with Gasteiger partial charge in [-0.2, -0.15) is 0 Å². The van der Waals surface area contributed by atoms with Gasteiger partial charge in [-0.1, -0.05) is 43.2 Å². The van der Waals surface area contributed by atoms with E-state index in [9.17, 15) is 51.6 Å². The molecule has 9 N–H and O–H groups in total. The molecule has 1 atom stereocenters. The van der Waals surface area contributed by atoms with Crippen molar-refractivity contribution >= 4 is 79.1 Å². The second kappa shape index (κ2) is 26.7. The number of carbonyl (C=O) groups excluding carboxylic acids is 4. The highest BCUT2D eigenvalue weighted by Crippen LogP contribution is 2.41. The first-order valence-corrected chi connectivity index (χ1v) is 26.8. The molecule has 2 aliphatic rings. The summed E-state index contributed by atoms with van der Waals surface area (Å²) in [5.41, 5.74) is 4.74. The van der Waals surface area contributed by atoms with Gasteiger partial charge in [-0.3, -0.25) is 43.0 Å². The van der Waals surface area contributed by atoms with Crippen molar-refractivity contribution in [2.24, 2.45) is 5.14 Å². The van der Waals surface area contributed by atoms with E-state index in [0.717, 1.165) is 21.9 Å². The summed E-state index contributed by atoms with van der Waals surface area (Å²) in [6.45, 7) is 1.15. The molecule has 76 heavy (non-hydrogen) atoms. The second-order valence-electron chi connectivity index (χ2n) is 18.3. The Morgan fingerprint density at radius 3 is 1.97 bits per heavy atom. The zero-order valence-electron chi connectivity index (χ0n) is 42.2. The summed E-state index contributed by atoms with van der Waals surface area (Å²) in [5, 5.41) is 35.3. The minimum Gasteiger partial charge on any atom is -0.480 e. The van der Waals surface area contributed by atoms with Crippen LogP contribution in [0.25, 0.3) is 33.4 Å². The number of rotatable bonds is 27. The van der Waals surface area contributed by atoms with Gasteiger partial charge in [-0.15, -0.1) is 0 Å². The zero-order chi connectivity index (χ0) is 55.1. The molecule has 0 spiro atoms. The molecule has 0 fully saturated rings. The SMILES string of the molecule is Cc1ccc2c(-c3ccc(C(=O)NCCCCCCNC(=O)CN(CCN(CC(=O)O)CC(=O)Nc4ccc(NS(=O)O)cc4)CC(=O)Cc4ccc(S(N)(=O)=O)cc4)cc3C(=O)O)c3ccc(=[N+](C)C)cc-3oc2c1. The molecule has 23 heteroatoms. The van der Waals surface area contributed by atoms with E-state index >= 15 is 0 Å². The number of anilines is 2. The molecule has 1 aliphatic heterocycles. The van der Waals surface area contributed by atoms with E-state index in [2.05, 4.69) is 20.7 Å². The van der Waals surface area contributed by atoms with Gasteiger partial charge in [-0.05, 0) is 97.1 Å². The van der Waals surface area contributed by atoms with Crippen molar-refractivity contribution in [2.75, 3.05) is 76.5 Å². The molecule has 1 heterocycles. The van der Waals surface area contributed by atoms with Crippen LogP contribution in [-0.4, -0.2) is 139 Å². The van der Waals surface area contributed by atoms with Crippen molar-refractivity contribution in [3.05, 3.63) is 131 Å². The number of carboxylic acids is 2. The molecular formula is C53H61N8O13S2+. The van der Waals surface area contributed by atoms with Gasteiger partial charge in [0.25, 0.3) is 17.2 Å². The van der Waals surface area contributed by atoms with E-state index < -0.39 is 57.5 Å². The van der Waals surface area contributed by atoms with Crippen LogP contribution in [0.15, 0.2) is 112 Å². The number of Topliss-reactive ketones (excluding diaryl/α,β-unsaturated/α-hetero) is 1. The summed E-state index contributed by atoms with van der Waals surface area (Å²) in [7, 11) is -0.118. The van der Waals surface area contributed by atoms with Crippen LogP contribution in [0.5, 0.6) is 0 Å². The molecule has 1 unspecified atom stereocenters. The van der Waals surface area contributed by atoms with Crippen LogP contribution >= 0.6 is 0 Å². The highest BCUT2D eigenvalue weighted by Gasteiger charge is 2.24. The third kappa shape index (κ3) is 16.9. The van der Waals surface area contributed by atoms with Gasteiger partial charge in [0.05, 0.1) is 42.7 Å². The van der Waals surface area contributed by atoms with Gasteiger partial charge in [0, 0.05) is 72.1 Å². The standard InChI is InChI=1S/C53H60N8O13S2/c1-34-8-19-43-46(26-34)74-47-29-39(59(2)3)16-21-44(47)51(43)42-20-11-36(28-45(42)53(68)69)52(67)56-23-7-5-4-6-22-55-48(63)31-60(30-40(62)27-35-9-17-41(18-10-35)76(54,72)73)24-25-61(33-50(65)66)32-49(64)57-37-12-14-38(15-13-37)58-75(70)71/h8-21,26,28-29,56H,4-7,22-25,27,30-33H2,1-3H3,(H7,54,55,63,65,66,67,68,69,70,71,72,73)/p+1. The maximum absolute atomic E-state index is 13.3. The first-order valence-electron chi connectivity index (χ1n) is 24.1. The molecule has 402 valence electrons. The van der Waals surface area contributed by atoms with Crippen LogP contribution < -0.4 is 35.7 Å². The summed E-state index contributed by atoms with van der Waals surface area (Å²) in [4.78, 5) is 80.2. The number of nitrogens with zero attached hydrogens (tertiary/aromatic N) is 3. The number of hydrogen-bond acceptors (Lipinski definition) is 12. The van der Waals surface area contributed by atoms with Crippen molar-refractivity contribution in [2.45, 2.75) is 43.9 Å². The summed E-state index contributed by atoms with van der Waals surface area (Å²) in [6, 6.07) is 27.5. The highest BCUT2D eigenvalue weighted by molar-refractivity contribution is 7.89. The Balaban J connectivity index is 1.01. The first kappa shape index (κ1) is 57.6. The molecule has 6 rings (SSSR count). The van der Waals surface area contributed by atoms with Crippen LogP contribution in [0.4, 0.5) is 11.4 Å². The van der Waals surface area contributed by atoms with Crippen LogP contribution in [0.1, 0.15) is 57.5 Å². The zero-order valence-corrected chi connectivity index (χ0v) is 43.8. The van der Waals surface area contributed by atoms with Gasteiger partial charge in [0.1, 0.15) is 25.4 Å². The Morgan fingerprint density at radius 2 is 1.34 bits per heavy atom. The molecule has 4 aromatic rings. The quantitative estimate of drug-likeness (QED) is 0.0157. The minimum atomic E-state index is -3.96. The third-order valence-corrected chi connectivity index (χ3v) is 13.5. The lowest BCUT2D eigenvalue weighted by atomic mass is 9.89. The molecule has 4 aromatic carbocycles. The Labute approximate surface area is 441 Å². The number of sulfonamides is 1. The molecule has 0 aromatic heterocycles. The molecule has 0 saturated carbocycles. The number of carbonyl (C=O) groups is 6. The first-order chi connectivity index (χ1) is 36.1. The number of ketones is 1. The van der Waals surface area contributed by atoms with E-state index in [4.69, 9.17) is 14.1 Å². The highest BCUT2D eigenvalue weighted by atomic mass is 32.2. The van der Waals surface area contributed by atoms with E-state index in [-0.39, 0.29) is 61.0 Å². The maximum atomic E-state index is 13.3. The summed E-state index contributed by atoms with van der Waals surface area (Å²) in [6.07, 6.45) is 2.47. The number of benzene rings is 5. The average Bonchev–Trinajstić information content (AvgIpc) is 3.35. The fourth-order valence-corrected chi connectivity index (χ4v) is 9.24. The lowest BCUT2D eigenvalue weighted by Crippen LogP contribution is -2.46. The van der Waals surface area contributed by atoms with Gasteiger partial charge in [-0.25, -0.2) is 27.1 Å². The predicted molar refractivity (Wildman–Crippen MR) is 287 cm³/mol. The number of aryl methyl sites for hydroxylation is 1. The van der Waals surface area contributed by atoms with Crippen LogP contribution in [0, 0.1) is 6.92 Å². The lowest BCUT2D eigenvalue weighted by Gasteiger charge is -2.26. The maximum Gasteiger partial charge on any atom is 0.336 e. The van der Waals surface area contributed by atoms with Crippen LogP contribution in [0.2, 0.25) is 0 Å². The number of fused-ring (bicyclic) bond motifs is 2. The average molecular weight is 1080 g/mol. The minimum absolute atomic E-state index is 0.00588. The van der Waals surface area contributed by atoms with Crippen molar-refractivity contribution in [1.29, 1.82) is 0 Å². The van der Waals surface area contributed by atoms with Crippen molar-refractivity contribution < 1.29 is 60.6 Å². The Kier molecular flexibility index (Phi) is 20.2. The number of amides is 3. The van der Waals surface area contributed by atoms with Gasteiger partial charge in [0.15, 0.2) is 5.78 Å². The lowest BCUT2D eigenvalue weighted by molar-refractivity contribution is -0.139. The molecule has 0 bridgehead atoms. The van der Waals surface area contributed by atoms with E-state index in [1.807, 2.05) is 62.0 Å². The predicted octanol–water partition coefficient (Wildman–Crippen LogP) is 3.98. The topological polar surface area (TPSA) is 311 Å². The molecular weight excluding hydrogens is 1020 g/mol. The van der Waals surface area contributed by atoms with Gasteiger partial charge >= 0.3 is 11.9 Å². The van der Waals surface area contributed by atoms with Crippen molar-refractivity contribution in [1.82, 2.24) is 25.0 Å². The fourth-order valence-electron chi connectivity index (χ4n) is 8.39. The van der Waals surface area contributed by atoms with Crippen LogP contribution in [-0.2, 0) is 46.9 Å². The van der Waals surface area contributed by atoms with Crippen LogP contribution in [0.3, 0.4) is 0 Å². The molecule has 0 saturated heterocycles. The number of carboxylic acid groups (broad SMARTS) is 2. The number of aliphatic carboxylic acids is 1. The monoisotopic (exact) mass is 1080 g/mol.